The molecule has 1 aliphatic rings. The molecule has 2 atom stereocenters. The molecule has 3 heteroatoms. The van der Waals surface area contributed by atoms with Crippen molar-refractivity contribution in [2.45, 2.75) is 25.8 Å². The Morgan fingerprint density at radius 3 is 3.00 bits per heavy atom. The van der Waals surface area contributed by atoms with Gasteiger partial charge in [0.15, 0.2) is 0 Å². The summed E-state index contributed by atoms with van der Waals surface area (Å²) in [6.07, 6.45) is 4.28. The number of rotatable bonds is 4. The Labute approximate surface area is 97.4 Å². The fourth-order valence-electron chi connectivity index (χ4n) is 2.30. The number of hydrogen-bond donors (Lipinski definition) is 0. The van der Waals surface area contributed by atoms with Crippen LogP contribution in [0.25, 0.3) is 0 Å². The van der Waals surface area contributed by atoms with E-state index in [2.05, 4.69) is 23.9 Å². The van der Waals surface area contributed by atoms with Gasteiger partial charge in [0.1, 0.15) is 6.61 Å². The summed E-state index contributed by atoms with van der Waals surface area (Å²) in [6, 6.07) is 6.32. The Morgan fingerprint density at radius 1 is 1.50 bits per heavy atom. The fourth-order valence-corrected chi connectivity index (χ4v) is 2.30. The molecular formula is C13H20N2O. The molecule has 1 aliphatic heterocycles. The first-order chi connectivity index (χ1) is 7.79. The van der Waals surface area contributed by atoms with E-state index in [1.54, 1.807) is 6.20 Å². The smallest absolute Gasteiger partial charge is 0.213 e. The van der Waals surface area contributed by atoms with E-state index in [0.717, 1.165) is 18.4 Å². The summed E-state index contributed by atoms with van der Waals surface area (Å²) in [4.78, 5) is 6.56. The molecule has 1 aromatic heterocycles. The largest absolute Gasteiger partial charge is 0.476 e. The number of aromatic nitrogens is 1. The predicted octanol–water partition coefficient (Wildman–Crippen LogP) is 2.19. The molecule has 2 rings (SSSR count). The highest BCUT2D eigenvalue weighted by Crippen LogP contribution is 2.24. The molecule has 1 fully saturated rings. The van der Waals surface area contributed by atoms with Crippen LogP contribution >= 0.6 is 0 Å². The van der Waals surface area contributed by atoms with Crippen LogP contribution in [0, 0.1) is 5.92 Å². The summed E-state index contributed by atoms with van der Waals surface area (Å²) >= 11 is 0. The van der Waals surface area contributed by atoms with Gasteiger partial charge in [0, 0.05) is 24.8 Å². The van der Waals surface area contributed by atoms with Crippen LogP contribution in [-0.4, -0.2) is 36.1 Å². The number of likely N-dealkylation sites (tertiary alicyclic amines) is 1. The molecule has 1 saturated heterocycles. The zero-order chi connectivity index (χ0) is 11.4. The first-order valence-electron chi connectivity index (χ1n) is 6.03. The first-order valence-corrected chi connectivity index (χ1v) is 6.03. The van der Waals surface area contributed by atoms with E-state index < -0.39 is 0 Å². The van der Waals surface area contributed by atoms with Crippen molar-refractivity contribution in [3.63, 3.8) is 0 Å². The molecule has 0 N–H and O–H groups in total. The summed E-state index contributed by atoms with van der Waals surface area (Å²) in [5.41, 5.74) is 0. The lowest BCUT2D eigenvalue weighted by Gasteiger charge is -2.18. The first kappa shape index (κ1) is 11.4. The average molecular weight is 220 g/mol. The Balaban J connectivity index is 1.82. The maximum atomic E-state index is 5.70. The van der Waals surface area contributed by atoms with Crippen molar-refractivity contribution in [1.82, 2.24) is 9.88 Å². The zero-order valence-corrected chi connectivity index (χ0v) is 10.1. The van der Waals surface area contributed by atoms with Gasteiger partial charge in [0.25, 0.3) is 0 Å². The van der Waals surface area contributed by atoms with Gasteiger partial charge in [-0.3, -0.25) is 4.90 Å². The highest BCUT2D eigenvalue weighted by molar-refractivity contribution is 5.09. The zero-order valence-electron chi connectivity index (χ0n) is 10.1. The molecule has 0 bridgehead atoms. The normalized spacial score (nSPS) is 25.9. The molecule has 0 spiro atoms. The van der Waals surface area contributed by atoms with Crippen molar-refractivity contribution in [2.24, 2.45) is 5.92 Å². The van der Waals surface area contributed by atoms with Crippen LogP contribution in [0.1, 0.15) is 19.8 Å². The van der Waals surface area contributed by atoms with Gasteiger partial charge in [-0.25, -0.2) is 4.98 Å². The van der Waals surface area contributed by atoms with Crippen LogP contribution in [-0.2, 0) is 0 Å². The highest BCUT2D eigenvalue weighted by atomic mass is 16.5. The summed E-state index contributed by atoms with van der Waals surface area (Å²) in [5.74, 6) is 1.57. The van der Waals surface area contributed by atoms with Crippen molar-refractivity contribution in [2.75, 3.05) is 20.2 Å². The minimum Gasteiger partial charge on any atom is -0.476 e. The van der Waals surface area contributed by atoms with Crippen LogP contribution in [0.4, 0.5) is 0 Å². The molecule has 1 aromatic rings. The third-order valence-corrected chi connectivity index (χ3v) is 3.41. The standard InChI is InChI=1S/C13H20N2O/c1-3-11-8-12(15(2)9-11)10-16-13-6-4-5-7-14-13/h4-7,11-12H,3,8-10H2,1-2H3. The van der Waals surface area contributed by atoms with E-state index in [-0.39, 0.29) is 0 Å². The number of nitrogens with zero attached hydrogens (tertiary/aromatic N) is 2. The van der Waals surface area contributed by atoms with Crippen LogP contribution < -0.4 is 4.74 Å². The molecule has 0 radical (unpaired) electrons. The number of pyridine rings is 1. The Bertz CT molecular complexity index is 315. The van der Waals surface area contributed by atoms with E-state index >= 15 is 0 Å². The van der Waals surface area contributed by atoms with E-state index in [0.29, 0.717) is 6.04 Å². The SMILES string of the molecule is CCC1CC(COc2ccccn2)N(C)C1. The maximum Gasteiger partial charge on any atom is 0.213 e. The summed E-state index contributed by atoms with van der Waals surface area (Å²) < 4.78 is 5.70. The van der Waals surface area contributed by atoms with Gasteiger partial charge in [-0.05, 0) is 25.5 Å². The quantitative estimate of drug-likeness (QED) is 0.777. The monoisotopic (exact) mass is 220 g/mol. The van der Waals surface area contributed by atoms with E-state index in [9.17, 15) is 0 Å². The lowest BCUT2D eigenvalue weighted by atomic mass is 10.0. The molecule has 16 heavy (non-hydrogen) atoms. The van der Waals surface area contributed by atoms with Crippen molar-refractivity contribution in [1.29, 1.82) is 0 Å². The topological polar surface area (TPSA) is 25.4 Å². The van der Waals surface area contributed by atoms with Crippen molar-refractivity contribution in [3.8, 4) is 5.88 Å². The fraction of sp³-hybridized carbons (Fsp3) is 0.615. The van der Waals surface area contributed by atoms with Gasteiger partial charge in [0.05, 0.1) is 0 Å². The lowest BCUT2D eigenvalue weighted by molar-refractivity contribution is 0.193. The second kappa shape index (κ2) is 5.30. The molecule has 2 unspecified atom stereocenters. The highest BCUT2D eigenvalue weighted by Gasteiger charge is 2.28. The number of likely N-dealkylation sites (N-methyl/N-ethyl adjacent to an activating group) is 1. The Kier molecular flexibility index (Phi) is 3.78. The average Bonchev–Trinajstić information content (AvgIpc) is 2.69. The lowest BCUT2D eigenvalue weighted by Crippen LogP contribution is -2.30. The predicted molar refractivity (Wildman–Crippen MR) is 64.5 cm³/mol. The second-order valence-electron chi connectivity index (χ2n) is 4.58. The van der Waals surface area contributed by atoms with E-state index in [1.807, 2.05) is 18.2 Å². The summed E-state index contributed by atoms with van der Waals surface area (Å²) in [5, 5.41) is 0. The van der Waals surface area contributed by atoms with Crippen molar-refractivity contribution < 1.29 is 4.74 Å². The van der Waals surface area contributed by atoms with Gasteiger partial charge in [-0.15, -0.1) is 0 Å². The van der Waals surface area contributed by atoms with Crippen molar-refractivity contribution >= 4 is 0 Å². The molecule has 0 aliphatic carbocycles. The number of hydrogen-bond acceptors (Lipinski definition) is 3. The van der Waals surface area contributed by atoms with Gasteiger partial charge in [-0.1, -0.05) is 19.4 Å². The molecule has 3 nitrogen and oxygen atoms in total. The van der Waals surface area contributed by atoms with Crippen LogP contribution in [0.5, 0.6) is 5.88 Å². The van der Waals surface area contributed by atoms with Gasteiger partial charge < -0.3 is 4.74 Å². The van der Waals surface area contributed by atoms with Gasteiger partial charge in [-0.2, -0.15) is 0 Å². The molecule has 0 aromatic carbocycles. The van der Waals surface area contributed by atoms with Gasteiger partial charge in [0.2, 0.25) is 5.88 Å². The van der Waals surface area contributed by atoms with Crippen molar-refractivity contribution in [3.05, 3.63) is 24.4 Å². The van der Waals surface area contributed by atoms with Gasteiger partial charge >= 0.3 is 0 Å². The molecule has 0 saturated carbocycles. The summed E-state index contributed by atoms with van der Waals surface area (Å²) in [6.45, 7) is 4.22. The minimum atomic E-state index is 0.548. The minimum absolute atomic E-state index is 0.548. The molecule has 2 heterocycles. The van der Waals surface area contributed by atoms with E-state index in [1.165, 1.54) is 19.4 Å². The second-order valence-corrected chi connectivity index (χ2v) is 4.58. The van der Waals surface area contributed by atoms with Crippen LogP contribution in [0.3, 0.4) is 0 Å². The maximum absolute atomic E-state index is 5.70. The summed E-state index contributed by atoms with van der Waals surface area (Å²) in [7, 11) is 2.18. The molecule has 88 valence electrons. The third kappa shape index (κ3) is 2.73. The third-order valence-electron chi connectivity index (χ3n) is 3.41. The Hall–Kier alpha value is -1.09. The molecule has 0 amide bonds. The van der Waals surface area contributed by atoms with Crippen LogP contribution in [0.15, 0.2) is 24.4 Å². The number of ether oxygens (including phenoxy) is 1. The van der Waals surface area contributed by atoms with E-state index in [4.69, 9.17) is 4.74 Å². The Morgan fingerprint density at radius 2 is 2.38 bits per heavy atom. The van der Waals surface area contributed by atoms with Crippen LogP contribution in [0.2, 0.25) is 0 Å². The molecular weight excluding hydrogens is 200 g/mol.